The molecule has 0 saturated carbocycles. The fraction of sp³-hybridized carbons (Fsp3) is 0.455. The van der Waals surface area contributed by atoms with Gasteiger partial charge in [0, 0.05) is 6.54 Å². The summed E-state index contributed by atoms with van der Waals surface area (Å²) < 4.78 is 0. The summed E-state index contributed by atoms with van der Waals surface area (Å²) in [5, 5.41) is 12.2. The predicted molar refractivity (Wildman–Crippen MR) is 54.7 cm³/mol. The molecular formula is C11H17NO. The van der Waals surface area contributed by atoms with Crippen LogP contribution < -0.4 is 5.32 Å². The van der Waals surface area contributed by atoms with Crippen molar-refractivity contribution in [3.8, 4) is 0 Å². The number of aliphatic hydroxyl groups excluding tert-OH is 1. The molecule has 72 valence electrons. The molecule has 0 saturated heterocycles. The number of nitrogens with one attached hydrogen (secondary N) is 1. The van der Waals surface area contributed by atoms with Crippen molar-refractivity contribution in [3.05, 3.63) is 35.9 Å². The van der Waals surface area contributed by atoms with Crippen molar-refractivity contribution in [3.63, 3.8) is 0 Å². The van der Waals surface area contributed by atoms with Crippen LogP contribution in [0.25, 0.3) is 0 Å². The third-order valence-electron chi connectivity index (χ3n) is 1.87. The molecule has 1 aromatic rings. The van der Waals surface area contributed by atoms with E-state index in [0.717, 1.165) is 13.0 Å². The van der Waals surface area contributed by atoms with Crippen molar-refractivity contribution in [2.24, 2.45) is 0 Å². The summed E-state index contributed by atoms with van der Waals surface area (Å²) in [4.78, 5) is 0. The van der Waals surface area contributed by atoms with Crippen LogP contribution in [-0.4, -0.2) is 24.3 Å². The molecule has 13 heavy (non-hydrogen) atoms. The Labute approximate surface area is 79.6 Å². The summed E-state index contributed by atoms with van der Waals surface area (Å²) in [5.74, 6) is 0. The van der Waals surface area contributed by atoms with Crippen molar-refractivity contribution in [2.45, 2.75) is 19.4 Å². The van der Waals surface area contributed by atoms with Crippen LogP contribution in [0.4, 0.5) is 0 Å². The minimum Gasteiger partial charge on any atom is -0.392 e. The summed E-state index contributed by atoms with van der Waals surface area (Å²) in [5.41, 5.74) is 1.33. The molecular weight excluding hydrogens is 162 g/mol. The number of hydrogen-bond acceptors (Lipinski definition) is 2. The zero-order chi connectivity index (χ0) is 9.52. The first kappa shape index (κ1) is 10.2. The van der Waals surface area contributed by atoms with E-state index in [-0.39, 0.29) is 6.10 Å². The Bertz CT molecular complexity index is 221. The molecule has 0 bridgehead atoms. The van der Waals surface area contributed by atoms with E-state index in [1.807, 2.05) is 18.2 Å². The van der Waals surface area contributed by atoms with Gasteiger partial charge in [0.25, 0.3) is 0 Å². The normalized spacial score (nSPS) is 12.8. The largest absolute Gasteiger partial charge is 0.392 e. The van der Waals surface area contributed by atoms with E-state index in [1.54, 1.807) is 6.92 Å². The summed E-state index contributed by atoms with van der Waals surface area (Å²) in [7, 11) is 0. The summed E-state index contributed by atoms with van der Waals surface area (Å²) in [6, 6.07) is 10.3. The second-order valence-electron chi connectivity index (χ2n) is 3.29. The van der Waals surface area contributed by atoms with Gasteiger partial charge in [-0.1, -0.05) is 30.3 Å². The predicted octanol–water partition coefficient (Wildman–Crippen LogP) is 1.20. The van der Waals surface area contributed by atoms with Crippen LogP contribution >= 0.6 is 0 Å². The molecule has 0 fully saturated rings. The third-order valence-corrected chi connectivity index (χ3v) is 1.87. The molecule has 2 nitrogen and oxygen atoms in total. The van der Waals surface area contributed by atoms with Gasteiger partial charge in [-0.3, -0.25) is 0 Å². The number of benzene rings is 1. The van der Waals surface area contributed by atoms with Gasteiger partial charge in [-0.15, -0.1) is 0 Å². The van der Waals surface area contributed by atoms with Gasteiger partial charge < -0.3 is 10.4 Å². The molecule has 0 aliphatic carbocycles. The topological polar surface area (TPSA) is 32.3 Å². The molecule has 0 aliphatic heterocycles. The van der Waals surface area contributed by atoms with Crippen molar-refractivity contribution >= 4 is 0 Å². The lowest BCUT2D eigenvalue weighted by molar-refractivity contribution is 0.191. The van der Waals surface area contributed by atoms with Gasteiger partial charge >= 0.3 is 0 Å². The molecule has 2 N–H and O–H groups in total. The lowest BCUT2D eigenvalue weighted by atomic mass is 10.1. The molecule has 0 radical (unpaired) electrons. The van der Waals surface area contributed by atoms with Crippen molar-refractivity contribution in [1.29, 1.82) is 0 Å². The van der Waals surface area contributed by atoms with E-state index >= 15 is 0 Å². The van der Waals surface area contributed by atoms with Crippen LogP contribution in [0.2, 0.25) is 0 Å². The Balaban J connectivity index is 2.13. The highest BCUT2D eigenvalue weighted by molar-refractivity contribution is 5.14. The van der Waals surface area contributed by atoms with Crippen molar-refractivity contribution < 1.29 is 5.11 Å². The van der Waals surface area contributed by atoms with Gasteiger partial charge in [0.2, 0.25) is 0 Å². The SMILES string of the molecule is C[C@@H](O)CNCCc1ccccc1. The van der Waals surface area contributed by atoms with Gasteiger partial charge in [-0.05, 0) is 25.5 Å². The molecule has 0 aromatic heterocycles. The van der Waals surface area contributed by atoms with Crippen LogP contribution in [0, 0.1) is 0 Å². The number of aliphatic hydroxyl groups is 1. The van der Waals surface area contributed by atoms with E-state index in [0.29, 0.717) is 6.54 Å². The van der Waals surface area contributed by atoms with Crippen LogP contribution in [0.15, 0.2) is 30.3 Å². The average molecular weight is 179 g/mol. The Morgan fingerprint density at radius 3 is 2.62 bits per heavy atom. The lowest BCUT2D eigenvalue weighted by Gasteiger charge is -2.06. The van der Waals surface area contributed by atoms with Crippen molar-refractivity contribution in [1.82, 2.24) is 5.32 Å². The highest BCUT2D eigenvalue weighted by Gasteiger charge is 1.94. The fourth-order valence-electron chi connectivity index (χ4n) is 1.19. The lowest BCUT2D eigenvalue weighted by Crippen LogP contribution is -2.26. The second-order valence-corrected chi connectivity index (χ2v) is 3.29. The smallest absolute Gasteiger partial charge is 0.0636 e. The second kappa shape index (κ2) is 5.73. The monoisotopic (exact) mass is 179 g/mol. The Kier molecular flexibility index (Phi) is 4.50. The molecule has 0 aliphatic rings. The first-order valence-electron chi connectivity index (χ1n) is 4.72. The maximum Gasteiger partial charge on any atom is 0.0636 e. The first-order chi connectivity index (χ1) is 6.29. The highest BCUT2D eigenvalue weighted by Crippen LogP contribution is 1.97. The quantitative estimate of drug-likeness (QED) is 0.666. The molecule has 1 atom stereocenters. The van der Waals surface area contributed by atoms with Gasteiger partial charge in [-0.25, -0.2) is 0 Å². The van der Waals surface area contributed by atoms with Crippen LogP contribution in [0.1, 0.15) is 12.5 Å². The minimum atomic E-state index is -0.254. The number of hydrogen-bond donors (Lipinski definition) is 2. The molecule has 1 rings (SSSR count). The summed E-state index contributed by atoms with van der Waals surface area (Å²) in [6.07, 6.45) is 0.767. The zero-order valence-corrected chi connectivity index (χ0v) is 8.03. The zero-order valence-electron chi connectivity index (χ0n) is 8.03. The van der Waals surface area contributed by atoms with Crippen molar-refractivity contribution in [2.75, 3.05) is 13.1 Å². The molecule has 0 unspecified atom stereocenters. The van der Waals surface area contributed by atoms with Crippen LogP contribution in [-0.2, 0) is 6.42 Å². The summed E-state index contributed by atoms with van der Waals surface area (Å²) >= 11 is 0. The molecule has 2 heteroatoms. The average Bonchev–Trinajstić information content (AvgIpc) is 2.14. The molecule has 0 heterocycles. The Morgan fingerprint density at radius 2 is 2.00 bits per heavy atom. The van der Waals surface area contributed by atoms with E-state index in [1.165, 1.54) is 5.56 Å². The highest BCUT2D eigenvalue weighted by atomic mass is 16.3. The molecule has 1 aromatic carbocycles. The maximum atomic E-state index is 8.99. The molecule has 0 amide bonds. The third kappa shape index (κ3) is 4.65. The van der Waals surface area contributed by atoms with Gasteiger partial charge in [0.15, 0.2) is 0 Å². The minimum absolute atomic E-state index is 0.254. The van der Waals surface area contributed by atoms with E-state index in [9.17, 15) is 0 Å². The van der Waals surface area contributed by atoms with E-state index in [4.69, 9.17) is 5.11 Å². The fourth-order valence-corrected chi connectivity index (χ4v) is 1.19. The van der Waals surface area contributed by atoms with Crippen LogP contribution in [0.5, 0.6) is 0 Å². The van der Waals surface area contributed by atoms with Gasteiger partial charge in [0.1, 0.15) is 0 Å². The standard InChI is InChI=1S/C11H17NO/c1-10(13)9-12-8-7-11-5-3-2-4-6-11/h2-6,10,12-13H,7-9H2,1H3/t10-/m1/s1. The Morgan fingerprint density at radius 1 is 1.31 bits per heavy atom. The molecule has 0 spiro atoms. The van der Waals surface area contributed by atoms with E-state index in [2.05, 4.69) is 17.4 Å². The van der Waals surface area contributed by atoms with Gasteiger partial charge in [0.05, 0.1) is 6.10 Å². The van der Waals surface area contributed by atoms with Gasteiger partial charge in [-0.2, -0.15) is 0 Å². The maximum absolute atomic E-state index is 8.99. The first-order valence-corrected chi connectivity index (χ1v) is 4.72. The van der Waals surface area contributed by atoms with E-state index < -0.39 is 0 Å². The Hall–Kier alpha value is -0.860. The number of rotatable bonds is 5. The summed E-state index contributed by atoms with van der Waals surface area (Å²) in [6.45, 7) is 3.39. The van der Waals surface area contributed by atoms with Crippen LogP contribution in [0.3, 0.4) is 0 Å².